The summed E-state index contributed by atoms with van der Waals surface area (Å²) < 4.78 is 0. The molecule has 4 rings (SSSR count). The largest absolute Gasteiger partial charge is 0.348 e. The van der Waals surface area contributed by atoms with Gasteiger partial charge >= 0.3 is 0 Å². The van der Waals surface area contributed by atoms with Crippen LogP contribution in [0.15, 0.2) is 59.6 Å². The molecule has 1 N–H and O–H groups in total. The number of fused-ring (bicyclic) bond motifs is 1. The molecular formula is C23H21N3O3S. The summed E-state index contributed by atoms with van der Waals surface area (Å²) in [5.41, 5.74) is 3.43. The molecule has 1 aliphatic rings. The Bertz CT molecular complexity index is 1110. The van der Waals surface area contributed by atoms with Crippen molar-refractivity contribution in [3.05, 3.63) is 91.8 Å². The summed E-state index contributed by atoms with van der Waals surface area (Å²) in [6.07, 6.45) is 5.62. The van der Waals surface area contributed by atoms with Crippen LogP contribution < -0.4 is 5.32 Å². The van der Waals surface area contributed by atoms with Crippen LogP contribution >= 0.6 is 11.3 Å². The fourth-order valence-corrected chi connectivity index (χ4v) is 4.83. The van der Waals surface area contributed by atoms with Gasteiger partial charge in [-0.25, -0.2) is 4.99 Å². The highest BCUT2D eigenvalue weighted by Gasteiger charge is 2.25. The van der Waals surface area contributed by atoms with Crippen molar-refractivity contribution in [2.75, 3.05) is 0 Å². The maximum Gasteiger partial charge on any atom is 0.270 e. The highest BCUT2D eigenvalue weighted by molar-refractivity contribution is 7.16. The van der Waals surface area contributed by atoms with Crippen LogP contribution in [0.3, 0.4) is 0 Å². The van der Waals surface area contributed by atoms with Crippen molar-refractivity contribution in [3.63, 3.8) is 0 Å². The maximum absolute atomic E-state index is 13.1. The van der Waals surface area contributed by atoms with Gasteiger partial charge in [-0.2, -0.15) is 0 Å². The molecule has 0 saturated carbocycles. The minimum absolute atomic E-state index is 0.0188. The first-order valence-corrected chi connectivity index (χ1v) is 10.7. The van der Waals surface area contributed by atoms with Crippen LogP contribution in [0.1, 0.15) is 44.8 Å². The van der Waals surface area contributed by atoms with Gasteiger partial charge in [0.2, 0.25) is 0 Å². The van der Waals surface area contributed by atoms with E-state index in [9.17, 15) is 14.9 Å². The second-order valence-corrected chi connectivity index (χ2v) is 8.25. The molecule has 6 nitrogen and oxygen atoms in total. The average molecular weight is 420 g/mol. The molecule has 0 unspecified atom stereocenters. The number of aliphatic imine (C=N–C) groups is 1. The van der Waals surface area contributed by atoms with Crippen molar-refractivity contribution in [3.8, 4) is 0 Å². The molecule has 7 heteroatoms. The van der Waals surface area contributed by atoms with E-state index >= 15 is 0 Å². The Morgan fingerprint density at radius 3 is 2.73 bits per heavy atom. The third-order valence-corrected chi connectivity index (χ3v) is 6.29. The lowest BCUT2D eigenvalue weighted by atomic mass is 9.95. The lowest BCUT2D eigenvalue weighted by Gasteiger charge is -2.12. The number of nitro groups is 1. The van der Waals surface area contributed by atoms with Gasteiger partial charge < -0.3 is 5.32 Å². The fourth-order valence-electron chi connectivity index (χ4n) is 3.59. The number of hydrogen-bond donors (Lipinski definition) is 1. The zero-order valence-electron chi connectivity index (χ0n) is 16.3. The van der Waals surface area contributed by atoms with Crippen LogP contribution in [-0.4, -0.2) is 17.0 Å². The smallest absolute Gasteiger partial charge is 0.270 e. The maximum atomic E-state index is 13.1. The molecule has 30 heavy (non-hydrogen) atoms. The summed E-state index contributed by atoms with van der Waals surface area (Å²) in [6.45, 7) is 0.457. The summed E-state index contributed by atoms with van der Waals surface area (Å²) in [5.74, 6) is -0.121. The Balaban J connectivity index is 1.61. The van der Waals surface area contributed by atoms with Gasteiger partial charge in [-0.15, -0.1) is 11.3 Å². The van der Waals surface area contributed by atoms with Gasteiger partial charge in [0.1, 0.15) is 5.00 Å². The number of aryl methyl sites for hydroxylation is 1. The molecule has 0 saturated heterocycles. The van der Waals surface area contributed by atoms with E-state index in [1.807, 2.05) is 30.3 Å². The van der Waals surface area contributed by atoms with Crippen LogP contribution in [0, 0.1) is 10.1 Å². The van der Waals surface area contributed by atoms with Gasteiger partial charge in [-0.05, 0) is 42.4 Å². The molecule has 2 aromatic carbocycles. The fraction of sp³-hybridized carbons (Fsp3) is 0.217. The second-order valence-electron chi connectivity index (χ2n) is 7.17. The molecule has 152 valence electrons. The molecule has 1 heterocycles. The van der Waals surface area contributed by atoms with E-state index in [2.05, 4.69) is 10.3 Å². The normalized spacial score (nSPS) is 13.2. The number of non-ortho nitro benzene ring substituents is 1. The van der Waals surface area contributed by atoms with Gasteiger partial charge in [0, 0.05) is 29.8 Å². The Morgan fingerprint density at radius 1 is 1.13 bits per heavy atom. The van der Waals surface area contributed by atoms with E-state index in [0.29, 0.717) is 22.7 Å². The first-order chi connectivity index (χ1) is 14.6. The van der Waals surface area contributed by atoms with E-state index < -0.39 is 4.92 Å². The summed E-state index contributed by atoms with van der Waals surface area (Å²) in [7, 11) is 0. The van der Waals surface area contributed by atoms with Crippen LogP contribution in [0.2, 0.25) is 0 Å². The zero-order chi connectivity index (χ0) is 20.9. The first kappa shape index (κ1) is 20.0. The van der Waals surface area contributed by atoms with Crippen LogP contribution in [0.5, 0.6) is 0 Å². The Morgan fingerprint density at radius 2 is 1.93 bits per heavy atom. The van der Waals surface area contributed by atoms with Crippen molar-refractivity contribution < 1.29 is 9.72 Å². The molecular weight excluding hydrogens is 398 g/mol. The van der Waals surface area contributed by atoms with E-state index in [1.165, 1.54) is 17.0 Å². The number of nitro benzene ring substituents is 1. The number of thiophene rings is 1. The Kier molecular flexibility index (Phi) is 5.99. The van der Waals surface area contributed by atoms with Gasteiger partial charge in [0.15, 0.2) is 0 Å². The first-order valence-electron chi connectivity index (χ1n) is 9.87. The van der Waals surface area contributed by atoms with Crippen molar-refractivity contribution in [1.82, 2.24) is 5.32 Å². The summed E-state index contributed by atoms with van der Waals surface area (Å²) >= 11 is 1.55. The molecule has 0 radical (unpaired) electrons. The average Bonchev–Trinajstić information content (AvgIpc) is 3.15. The highest BCUT2D eigenvalue weighted by atomic mass is 32.1. The van der Waals surface area contributed by atoms with Gasteiger partial charge in [-0.1, -0.05) is 42.5 Å². The number of nitrogens with one attached hydrogen (secondary N) is 1. The zero-order valence-corrected chi connectivity index (χ0v) is 17.2. The molecule has 1 amide bonds. The predicted octanol–water partition coefficient (Wildman–Crippen LogP) is 5.22. The number of nitrogens with zero attached hydrogens (tertiary/aromatic N) is 2. The van der Waals surface area contributed by atoms with E-state index in [0.717, 1.165) is 36.8 Å². The molecule has 1 aliphatic carbocycles. The molecule has 0 bridgehead atoms. The molecule has 3 aromatic rings. The summed E-state index contributed by atoms with van der Waals surface area (Å²) in [6, 6.07) is 16.1. The van der Waals surface area contributed by atoms with Crippen molar-refractivity contribution in [2.24, 2.45) is 4.99 Å². The number of benzene rings is 2. The molecule has 0 atom stereocenters. The number of rotatable bonds is 6. The minimum Gasteiger partial charge on any atom is -0.348 e. The van der Waals surface area contributed by atoms with Crippen molar-refractivity contribution >= 4 is 34.1 Å². The second kappa shape index (κ2) is 9.00. The molecule has 1 aromatic heterocycles. The van der Waals surface area contributed by atoms with Crippen molar-refractivity contribution in [2.45, 2.75) is 32.2 Å². The highest BCUT2D eigenvalue weighted by Crippen LogP contribution is 2.39. The van der Waals surface area contributed by atoms with Crippen molar-refractivity contribution in [1.29, 1.82) is 0 Å². The monoisotopic (exact) mass is 419 g/mol. The van der Waals surface area contributed by atoms with Gasteiger partial charge in [-0.3, -0.25) is 14.9 Å². The van der Waals surface area contributed by atoms with Gasteiger partial charge in [0.05, 0.1) is 10.5 Å². The van der Waals surface area contributed by atoms with Crippen LogP contribution in [-0.2, 0) is 19.4 Å². The van der Waals surface area contributed by atoms with E-state index in [4.69, 9.17) is 0 Å². The SMILES string of the molecule is O=C(NCc1ccccc1)c1c(/N=C/c2cccc([N+](=O)[O-])c2)sc2c1CCCC2. The lowest BCUT2D eigenvalue weighted by molar-refractivity contribution is -0.384. The minimum atomic E-state index is -0.427. The standard InChI is InChI=1S/C23H21N3O3S/c27-22(24-14-16-7-2-1-3-8-16)21-19-11-4-5-12-20(19)30-23(21)25-15-17-9-6-10-18(13-17)26(28)29/h1-3,6-10,13,15H,4-5,11-12,14H2,(H,24,27)/b25-15+. The molecule has 0 fully saturated rings. The van der Waals surface area contributed by atoms with Crippen LogP contribution in [0.25, 0.3) is 0 Å². The quantitative estimate of drug-likeness (QED) is 0.338. The molecule has 0 aliphatic heterocycles. The Hall–Kier alpha value is -3.32. The third-order valence-electron chi connectivity index (χ3n) is 5.09. The number of amides is 1. The lowest BCUT2D eigenvalue weighted by Crippen LogP contribution is -2.24. The van der Waals surface area contributed by atoms with Crippen LogP contribution in [0.4, 0.5) is 10.7 Å². The molecule has 0 spiro atoms. The third kappa shape index (κ3) is 4.46. The predicted molar refractivity (Wildman–Crippen MR) is 119 cm³/mol. The van der Waals surface area contributed by atoms with Gasteiger partial charge in [0.25, 0.3) is 11.6 Å². The Labute approximate surface area is 178 Å². The number of hydrogen-bond acceptors (Lipinski definition) is 5. The number of carbonyl (C=O) groups excluding carboxylic acids is 1. The number of carbonyl (C=O) groups is 1. The topological polar surface area (TPSA) is 84.6 Å². The van der Waals surface area contributed by atoms with E-state index in [1.54, 1.807) is 29.7 Å². The summed E-state index contributed by atoms with van der Waals surface area (Å²) in [4.78, 5) is 29.4. The van der Waals surface area contributed by atoms with E-state index in [-0.39, 0.29) is 11.6 Å². The summed E-state index contributed by atoms with van der Waals surface area (Å²) in [5, 5.41) is 14.7.